The summed E-state index contributed by atoms with van der Waals surface area (Å²) < 4.78 is 5.65. The number of nitrogens with one attached hydrogen (secondary N) is 1. The fraction of sp³-hybridized carbons (Fsp3) is 0.611. The van der Waals surface area contributed by atoms with Crippen molar-refractivity contribution in [3.63, 3.8) is 0 Å². The fourth-order valence-corrected chi connectivity index (χ4v) is 2.94. The van der Waals surface area contributed by atoms with Gasteiger partial charge in [0.1, 0.15) is 6.10 Å². The molecule has 1 aliphatic heterocycles. The van der Waals surface area contributed by atoms with Crippen LogP contribution in [0.4, 0.5) is 0 Å². The summed E-state index contributed by atoms with van der Waals surface area (Å²) in [6.45, 7) is 8.31. The number of hydrogen-bond acceptors (Lipinski definition) is 4. The molecule has 1 saturated heterocycles. The highest BCUT2D eigenvalue weighted by Gasteiger charge is 2.29. The van der Waals surface area contributed by atoms with Crippen molar-refractivity contribution in [2.24, 2.45) is 5.73 Å². The van der Waals surface area contributed by atoms with Gasteiger partial charge >= 0.3 is 0 Å². The lowest BCUT2D eigenvalue weighted by Gasteiger charge is -2.20. The maximum Gasteiger partial charge on any atom is 0.249 e. The van der Waals surface area contributed by atoms with E-state index >= 15 is 0 Å². The van der Waals surface area contributed by atoms with E-state index in [2.05, 4.69) is 42.3 Å². The number of nitrogens with two attached hydrogens (primary N) is 1. The van der Waals surface area contributed by atoms with E-state index in [1.165, 1.54) is 11.1 Å². The predicted octanol–water partition coefficient (Wildman–Crippen LogP) is 1.65. The third-order valence-corrected chi connectivity index (χ3v) is 4.52. The van der Waals surface area contributed by atoms with Gasteiger partial charge < -0.3 is 15.8 Å². The SMILES string of the molecule is CCN(CC)Cc1ccccc1CNC(=O)[C@@H]1CC[C@H](CN)O1. The summed E-state index contributed by atoms with van der Waals surface area (Å²) in [5.41, 5.74) is 8.03. The third-order valence-electron chi connectivity index (χ3n) is 4.52. The number of benzene rings is 1. The zero-order chi connectivity index (χ0) is 16.7. The van der Waals surface area contributed by atoms with Crippen molar-refractivity contribution in [3.05, 3.63) is 35.4 Å². The lowest BCUT2D eigenvalue weighted by atomic mass is 10.1. The molecule has 0 aliphatic carbocycles. The first-order valence-electron chi connectivity index (χ1n) is 8.60. The lowest BCUT2D eigenvalue weighted by molar-refractivity contribution is -0.132. The molecular weight excluding hydrogens is 290 g/mol. The molecule has 1 aromatic rings. The molecule has 0 unspecified atom stereocenters. The minimum Gasteiger partial charge on any atom is -0.364 e. The second-order valence-electron chi connectivity index (χ2n) is 6.01. The molecule has 0 saturated carbocycles. The molecule has 0 bridgehead atoms. The van der Waals surface area contributed by atoms with Gasteiger partial charge in [0.15, 0.2) is 0 Å². The van der Waals surface area contributed by atoms with Crippen LogP contribution in [0.3, 0.4) is 0 Å². The van der Waals surface area contributed by atoms with Crippen LogP contribution in [-0.2, 0) is 22.6 Å². The molecule has 2 rings (SSSR count). The van der Waals surface area contributed by atoms with Crippen LogP contribution < -0.4 is 11.1 Å². The average molecular weight is 319 g/mol. The fourth-order valence-electron chi connectivity index (χ4n) is 2.94. The quantitative estimate of drug-likeness (QED) is 0.764. The molecule has 2 atom stereocenters. The van der Waals surface area contributed by atoms with Crippen molar-refractivity contribution in [2.45, 2.75) is 52.0 Å². The highest BCUT2D eigenvalue weighted by Crippen LogP contribution is 2.19. The number of ether oxygens (including phenoxy) is 1. The summed E-state index contributed by atoms with van der Waals surface area (Å²) >= 11 is 0. The summed E-state index contributed by atoms with van der Waals surface area (Å²) in [6.07, 6.45) is 1.31. The van der Waals surface area contributed by atoms with Crippen LogP contribution in [0.1, 0.15) is 37.8 Å². The summed E-state index contributed by atoms with van der Waals surface area (Å²) in [6, 6.07) is 8.29. The maximum absolute atomic E-state index is 12.2. The summed E-state index contributed by atoms with van der Waals surface area (Å²) in [5.74, 6) is -0.0291. The van der Waals surface area contributed by atoms with E-state index in [4.69, 9.17) is 10.5 Å². The van der Waals surface area contributed by atoms with Gasteiger partial charge in [0.2, 0.25) is 5.91 Å². The monoisotopic (exact) mass is 319 g/mol. The predicted molar refractivity (Wildman–Crippen MR) is 91.9 cm³/mol. The number of amides is 1. The normalized spacial score (nSPS) is 20.9. The number of hydrogen-bond donors (Lipinski definition) is 2. The Kier molecular flexibility index (Phi) is 7.02. The minimum absolute atomic E-state index is 0.0284. The van der Waals surface area contributed by atoms with Crippen LogP contribution in [0.15, 0.2) is 24.3 Å². The molecule has 1 amide bonds. The molecule has 5 heteroatoms. The first kappa shape index (κ1) is 17.9. The average Bonchev–Trinajstić information content (AvgIpc) is 3.07. The molecule has 1 fully saturated rings. The largest absolute Gasteiger partial charge is 0.364 e. The Labute approximate surface area is 139 Å². The number of carbonyl (C=O) groups is 1. The summed E-state index contributed by atoms with van der Waals surface area (Å²) in [5, 5.41) is 3.01. The third kappa shape index (κ3) is 5.03. The highest BCUT2D eigenvalue weighted by molar-refractivity contribution is 5.81. The molecule has 1 aromatic carbocycles. The Hall–Kier alpha value is -1.43. The van der Waals surface area contributed by atoms with Crippen molar-refractivity contribution in [2.75, 3.05) is 19.6 Å². The lowest BCUT2D eigenvalue weighted by Crippen LogP contribution is -2.35. The molecule has 5 nitrogen and oxygen atoms in total. The van der Waals surface area contributed by atoms with E-state index in [1.54, 1.807) is 0 Å². The minimum atomic E-state index is -0.349. The standard InChI is InChI=1S/C18H29N3O2/c1-3-21(4-2)13-15-8-6-5-7-14(15)12-20-18(22)17-10-9-16(11-19)23-17/h5-8,16-17H,3-4,9-13,19H2,1-2H3,(H,20,22)/t16-,17+/m1/s1. The van der Waals surface area contributed by atoms with Crippen LogP contribution in [0.2, 0.25) is 0 Å². The van der Waals surface area contributed by atoms with Crippen molar-refractivity contribution >= 4 is 5.91 Å². The molecule has 1 aliphatic rings. The van der Waals surface area contributed by atoms with E-state index < -0.39 is 0 Å². The summed E-state index contributed by atoms with van der Waals surface area (Å²) in [4.78, 5) is 14.6. The van der Waals surface area contributed by atoms with Crippen LogP contribution in [-0.4, -0.2) is 42.6 Å². The van der Waals surface area contributed by atoms with E-state index in [9.17, 15) is 4.79 Å². The van der Waals surface area contributed by atoms with Gasteiger partial charge in [0.25, 0.3) is 0 Å². The van der Waals surface area contributed by atoms with E-state index in [0.29, 0.717) is 13.1 Å². The Bertz CT molecular complexity index is 503. The van der Waals surface area contributed by atoms with Crippen molar-refractivity contribution < 1.29 is 9.53 Å². The maximum atomic E-state index is 12.2. The Morgan fingerprint density at radius 1 is 1.26 bits per heavy atom. The number of rotatable bonds is 8. The van der Waals surface area contributed by atoms with Crippen molar-refractivity contribution in [1.82, 2.24) is 10.2 Å². The zero-order valence-electron chi connectivity index (χ0n) is 14.3. The Balaban J connectivity index is 1.91. The van der Waals surface area contributed by atoms with Gasteiger partial charge in [-0.1, -0.05) is 38.1 Å². The first-order valence-corrected chi connectivity index (χ1v) is 8.60. The van der Waals surface area contributed by atoms with Gasteiger partial charge in [0, 0.05) is 19.6 Å². The van der Waals surface area contributed by atoms with Gasteiger partial charge in [-0.3, -0.25) is 9.69 Å². The number of nitrogens with zero attached hydrogens (tertiary/aromatic N) is 1. The van der Waals surface area contributed by atoms with Crippen LogP contribution in [0, 0.1) is 0 Å². The van der Waals surface area contributed by atoms with Crippen LogP contribution in [0.25, 0.3) is 0 Å². The molecule has 1 heterocycles. The van der Waals surface area contributed by atoms with Gasteiger partial charge in [-0.15, -0.1) is 0 Å². The molecule has 0 spiro atoms. The van der Waals surface area contributed by atoms with Crippen LogP contribution >= 0.6 is 0 Å². The smallest absolute Gasteiger partial charge is 0.249 e. The second-order valence-corrected chi connectivity index (χ2v) is 6.01. The van der Waals surface area contributed by atoms with Crippen molar-refractivity contribution in [1.29, 1.82) is 0 Å². The van der Waals surface area contributed by atoms with E-state index in [-0.39, 0.29) is 18.1 Å². The van der Waals surface area contributed by atoms with E-state index in [0.717, 1.165) is 32.5 Å². The van der Waals surface area contributed by atoms with Gasteiger partial charge in [-0.2, -0.15) is 0 Å². The first-order chi connectivity index (χ1) is 11.2. The molecular formula is C18H29N3O2. The molecule has 0 aromatic heterocycles. The molecule has 23 heavy (non-hydrogen) atoms. The van der Waals surface area contributed by atoms with Gasteiger partial charge in [0.05, 0.1) is 6.10 Å². The van der Waals surface area contributed by atoms with Gasteiger partial charge in [-0.05, 0) is 37.1 Å². The highest BCUT2D eigenvalue weighted by atomic mass is 16.5. The van der Waals surface area contributed by atoms with Crippen LogP contribution in [0.5, 0.6) is 0 Å². The second kappa shape index (κ2) is 9.01. The zero-order valence-corrected chi connectivity index (χ0v) is 14.3. The summed E-state index contributed by atoms with van der Waals surface area (Å²) in [7, 11) is 0. The molecule has 3 N–H and O–H groups in total. The Morgan fingerprint density at radius 2 is 1.96 bits per heavy atom. The molecule has 128 valence electrons. The number of carbonyl (C=O) groups excluding carboxylic acids is 1. The Morgan fingerprint density at radius 3 is 2.57 bits per heavy atom. The molecule has 0 radical (unpaired) electrons. The van der Waals surface area contributed by atoms with Crippen molar-refractivity contribution in [3.8, 4) is 0 Å². The van der Waals surface area contributed by atoms with Gasteiger partial charge in [-0.25, -0.2) is 0 Å². The topological polar surface area (TPSA) is 67.6 Å². The van der Waals surface area contributed by atoms with E-state index in [1.807, 2.05) is 6.07 Å².